The zero-order valence-corrected chi connectivity index (χ0v) is 17.9. The average molecular weight is 442 g/mol. The summed E-state index contributed by atoms with van der Waals surface area (Å²) in [4.78, 5) is 37.8. The number of aromatic nitrogens is 4. The molecule has 0 unspecified atom stereocenters. The number of piperidine rings is 1. The van der Waals surface area contributed by atoms with Crippen molar-refractivity contribution < 1.29 is 9.53 Å². The number of methoxy groups -OCH3 is 1. The highest BCUT2D eigenvalue weighted by atomic mass is 32.2. The van der Waals surface area contributed by atoms with Gasteiger partial charge in [0.1, 0.15) is 11.4 Å². The molecule has 162 valence electrons. The number of nitrogens with two attached hydrogens (primary N) is 1. The van der Waals surface area contributed by atoms with Crippen LogP contribution in [0.5, 0.6) is 5.75 Å². The summed E-state index contributed by atoms with van der Waals surface area (Å²) in [6.45, 7) is 2.36. The van der Waals surface area contributed by atoms with E-state index in [1.165, 1.54) is 11.8 Å². The third-order valence-corrected chi connectivity index (χ3v) is 6.41. The van der Waals surface area contributed by atoms with Crippen LogP contribution in [0.25, 0.3) is 11.5 Å². The van der Waals surface area contributed by atoms with Gasteiger partial charge in [-0.25, -0.2) is 15.0 Å². The maximum absolute atomic E-state index is 10.9. The Morgan fingerprint density at radius 1 is 1.32 bits per heavy atom. The number of amides is 1. The van der Waals surface area contributed by atoms with Gasteiger partial charge in [0.15, 0.2) is 22.5 Å². The monoisotopic (exact) mass is 441 g/mol. The molecule has 0 spiro atoms. The Bertz CT molecular complexity index is 1050. The number of imidazole rings is 1. The van der Waals surface area contributed by atoms with Crippen LogP contribution in [0.3, 0.4) is 0 Å². The molecule has 3 aliphatic rings. The summed E-state index contributed by atoms with van der Waals surface area (Å²) in [7, 11) is 1.56. The fourth-order valence-electron chi connectivity index (χ4n) is 3.71. The molecular formula is C20H23N7O3S. The highest BCUT2D eigenvalue weighted by molar-refractivity contribution is 7.99. The molecule has 4 rings (SSSR count). The molecule has 0 radical (unpaired) electrons. The van der Waals surface area contributed by atoms with E-state index in [-0.39, 0.29) is 0 Å². The topological polar surface area (TPSA) is 129 Å². The second kappa shape index (κ2) is 9.29. The first-order valence-electron chi connectivity index (χ1n) is 9.98. The molecule has 0 atom stereocenters. The second-order valence-electron chi connectivity index (χ2n) is 7.40. The number of nitrogen functional groups attached to an aromatic ring is 1. The fourth-order valence-corrected chi connectivity index (χ4v) is 4.61. The lowest BCUT2D eigenvalue weighted by Crippen LogP contribution is -2.32. The Balaban J connectivity index is 1.53. The van der Waals surface area contributed by atoms with Crippen molar-refractivity contribution in [3.8, 4) is 17.3 Å². The first-order valence-corrected chi connectivity index (χ1v) is 10.8. The Kier molecular flexibility index (Phi) is 6.31. The van der Waals surface area contributed by atoms with Crippen LogP contribution >= 0.6 is 11.8 Å². The van der Waals surface area contributed by atoms with Crippen LogP contribution in [0, 0.1) is 10.8 Å². The van der Waals surface area contributed by atoms with Gasteiger partial charge in [0, 0.05) is 19.6 Å². The van der Waals surface area contributed by atoms with Gasteiger partial charge in [0.05, 0.1) is 18.3 Å². The van der Waals surface area contributed by atoms with E-state index in [4.69, 9.17) is 10.5 Å². The summed E-state index contributed by atoms with van der Waals surface area (Å²) in [6, 6.07) is 4.92. The van der Waals surface area contributed by atoms with Gasteiger partial charge < -0.3 is 19.9 Å². The predicted octanol–water partition coefficient (Wildman–Crippen LogP) is 3.18. The van der Waals surface area contributed by atoms with Crippen molar-refractivity contribution in [2.45, 2.75) is 35.9 Å². The number of aryl methyl sites for hydroxylation is 1. The molecule has 3 heterocycles. The molecular weight excluding hydrogens is 418 g/mol. The van der Waals surface area contributed by atoms with Crippen molar-refractivity contribution in [1.82, 2.24) is 24.4 Å². The van der Waals surface area contributed by atoms with Crippen molar-refractivity contribution >= 4 is 29.7 Å². The number of anilines is 1. The van der Waals surface area contributed by atoms with Crippen molar-refractivity contribution in [2.75, 3.05) is 25.9 Å². The van der Waals surface area contributed by atoms with Crippen molar-refractivity contribution in [3.05, 3.63) is 29.4 Å². The number of benzene rings is 1. The lowest BCUT2D eigenvalue weighted by atomic mass is 9.94. The van der Waals surface area contributed by atoms with E-state index in [9.17, 15) is 9.70 Å². The normalized spacial score (nSPS) is 14.7. The Hall–Kier alpha value is -3.21. The van der Waals surface area contributed by atoms with Crippen LogP contribution in [0.4, 0.5) is 11.5 Å². The van der Waals surface area contributed by atoms with Crippen molar-refractivity contribution in [3.63, 3.8) is 0 Å². The fraction of sp³-hybridized carbons (Fsp3) is 0.400. The zero-order valence-electron chi connectivity index (χ0n) is 17.1. The number of ether oxygens (including phenoxy) is 1. The van der Waals surface area contributed by atoms with Crippen molar-refractivity contribution in [2.24, 2.45) is 11.1 Å². The summed E-state index contributed by atoms with van der Waals surface area (Å²) < 4.78 is 7.34. The third kappa shape index (κ3) is 4.61. The van der Waals surface area contributed by atoms with E-state index >= 15 is 0 Å². The molecule has 11 heteroatoms. The van der Waals surface area contributed by atoms with Crippen LogP contribution in [-0.4, -0.2) is 51.0 Å². The smallest absolute Gasteiger partial charge is 0.209 e. The zero-order chi connectivity index (χ0) is 21.8. The maximum Gasteiger partial charge on any atom is 0.209 e. The molecule has 1 amide bonds. The molecule has 0 aliphatic carbocycles. The van der Waals surface area contributed by atoms with Crippen LogP contribution in [0.15, 0.2) is 39.8 Å². The van der Waals surface area contributed by atoms with Gasteiger partial charge in [0.25, 0.3) is 0 Å². The molecule has 0 aromatic heterocycles. The van der Waals surface area contributed by atoms with Gasteiger partial charge >= 0.3 is 0 Å². The second-order valence-corrected chi connectivity index (χ2v) is 8.41. The molecule has 2 N–H and O–H groups in total. The number of likely N-dealkylation sites (tertiary alicyclic amines) is 1. The summed E-state index contributed by atoms with van der Waals surface area (Å²) >= 11 is 1.28. The molecule has 1 aromatic rings. The molecule has 1 aromatic carbocycles. The minimum atomic E-state index is 0.302. The largest absolute Gasteiger partial charge is 0.496 e. The molecule has 3 aliphatic heterocycles. The number of carbonyl (C=O) groups excluding carboxylic acids is 1. The van der Waals surface area contributed by atoms with Crippen LogP contribution < -0.4 is 10.5 Å². The van der Waals surface area contributed by atoms with E-state index in [1.807, 2.05) is 9.47 Å². The minimum absolute atomic E-state index is 0.302. The highest BCUT2D eigenvalue weighted by Gasteiger charge is 2.22. The summed E-state index contributed by atoms with van der Waals surface area (Å²) in [5.41, 5.74) is 6.90. The standard InChI is InChI=1S/C20H23N7O3S/c1-30-15-3-2-14(25-29)10-16(15)31-20-23-17-18(21)22-11-27(19(17)24-20)9-6-13-4-7-26(12-28)8-5-13/h2-3,10-13H,4-9,21H2,1H3. The van der Waals surface area contributed by atoms with Gasteiger partial charge in [-0.3, -0.25) is 4.79 Å². The summed E-state index contributed by atoms with van der Waals surface area (Å²) in [6.07, 6.45) is 5.58. The SMILES string of the molecule is COc1ccc(N=O)cc1Sc1nc2c(N)ncn(CCC3CCN(C=O)CC3)c-2n1. The van der Waals surface area contributed by atoms with E-state index in [0.29, 0.717) is 44.7 Å². The number of carbonyl (C=O) groups is 1. The van der Waals surface area contributed by atoms with Gasteiger partial charge in [-0.1, -0.05) is 0 Å². The van der Waals surface area contributed by atoms with Crippen LogP contribution in [-0.2, 0) is 11.3 Å². The predicted molar refractivity (Wildman–Crippen MR) is 116 cm³/mol. The number of hydrogen-bond donors (Lipinski definition) is 1. The molecule has 0 saturated carbocycles. The Labute approximate surface area is 183 Å². The molecule has 10 nitrogen and oxygen atoms in total. The first-order chi connectivity index (χ1) is 15.1. The summed E-state index contributed by atoms with van der Waals surface area (Å²) in [5, 5.41) is 3.47. The average Bonchev–Trinajstić information content (AvgIpc) is 3.23. The third-order valence-electron chi connectivity index (χ3n) is 5.50. The van der Waals surface area contributed by atoms with Gasteiger partial charge in [-0.05, 0) is 60.3 Å². The van der Waals surface area contributed by atoms with Crippen molar-refractivity contribution in [1.29, 1.82) is 0 Å². The highest BCUT2D eigenvalue weighted by Crippen LogP contribution is 2.38. The summed E-state index contributed by atoms with van der Waals surface area (Å²) in [5.74, 6) is 2.15. The minimum Gasteiger partial charge on any atom is -0.496 e. The van der Waals surface area contributed by atoms with E-state index < -0.39 is 0 Å². The quantitative estimate of drug-likeness (QED) is 0.417. The molecule has 0 bridgehead atoms. The number of hydrogen-bond acceptors (Lipinski definition) is 9. The Morgan fingerprint density at radius 2 is 2.13 bits per heavy atom. The van der Waals surface area contributed by atoms with E-state index in [1.54, 1.807) is 31.6 Å². The first kappa shape index (κ1) is 21.0. The molecule has 1 saturated heterocycles. The van der Waals surface area contributed by atoms with E-state index in [0.717, 1.165) is 45.3 Å². The van der Waals surface area contributed by atoms with Gasteiger partial charge in [-0.15, -0.1) is 4.91 Å². The molecule has 1 fully saturated rings. The van der Waals surface area contributed by atoms with Crippen LogP contribution in [0.1, 0.15) is 19.3 Å². The molecule has 31 heavy (non-hydrogen) atoms. The van der Waals surface area contributed by atoms with Gasteiger partial charge in [0.2, 0.25) is 6.41 Å². The van der Waals surface area contributed by atoms with Gasteiger partial charge in [-0.2, -0.15) is 0 Å². The lowest BCUT2D eigenvalue weighted by molar-refractivity contribution is -0.119. The number of nitrogens with zero attached hydrogens (tertiary/aromatic N) is 6. The number of fused-ring (bicyclic) bond motifs is 1. The maximum atomic E-state index is 10.9. The number of nitroso groups, excluding NO2 is 1. The Morgan fingerprint density at radius 3 is 2.84 bits per heavy atom. The van der Waals surface area contributed by atoms with E-state index in [2.05, 4.69) is 20.1 Å². The lowest BCUT2D eigenvalue weighted by Gasteiger charge is -2.29. The van der Waals surface area contributed by atoms with Crippen LogP contribution in [0.2, 0.25) is 0 Å². The number of rotatable bonds is 8.